The van der Waals surface area contributed by atoms with Gasteiger partial charge in [-0.3, -0.25) is 0 Å². The molecule has 4 rings (SSSR count). The molecule has 1 atom stereocenters. The molecule has 142 valence electrons. The summed E-state index contributed by atoms with van der Waals surface area (Å²) in [4.78, 5) is 4.54. The summed E-state index contributed by atoms with van der Waals surface area (Å²) >= 11 is 0. The van der Waals surface area contributed by atoms with Crippen LogP contribution in [0.4, 0.5) is 0 Å². The maximum absolute atomic E-state index is 10.3. The van der Waals surface area contributed by atoms with Crippen molar-refractivity contribution >= 4 is 0 Å². The maximum Gasteiger partial charge on any atom is 0.258 e. The second-order valence-electron chi connectivity index (χ2n) is 7.19. The Morgan fingerprint density at radius 3 is 2.93 bits per heavy atom. The first-order valence-corrected chi connectivity index (χ1v) is 9.42. The number of ether oxygens (including phenoxy) is 1. The number of benzene rings is 2. The van der Waals surface area contributed by atoms with Crippen LogP contribution in [0.5, 0.6) is 5.75 Å². The Morgan fingerprint density at radius 1 is 1.29 bits per heavy atom. The Labute approximate surface area is 163 Å². The van der Waals surface area contributed by atoms with Gasteiger partial charge < -0.3 is 14.4 Å². The van der Waals surface area contributed by atoms with Crippen LogP contribution in [0.1, 0.15) is 49.5 Å². The van der Waals surface area contributed by atoms with Crippen molar-refractivity contribution in [3.63, 3.8) is 0 Å². The maximum atomic E-state index is 10.3. The fraction of sp³-hybridized carbons (Fsp3) is 0.318. The predicted molar refractivity (Wildman–Crippen MR) is 104 cm³/mol. The Balaban J connectivity index is 1.70. The van der Waals surface area contributed by atoms with E-state index in [1.165, 1.54) is 0 Å². The van der Waals surface area contributed by atoms with Crippen LogP contribution in [0.3, 0.4) is 0 Å². The predicted octanol–water partition coefficient (Wildman–Crippen LogP) is 4.43. The molecule has 0 unspecified atom stereocenters. The lowest BCUT2D eigenvalue weighted by molar-refractivity contribution is 0.156. The first-order valence-electron chi connectivity index (χ1n) is 9.42. The molecular formula is C22H21N3O3. The van der Waals surface area contributed by atoms with Gasteiger partial charge in [0.25, 0.3) is 5.89 Å². The van der Waals surface area contributed by atoms with E-state index in [-0.39, 0.29) is 6.10 Å². The van der Waals surface area contributed by atoms with Gasteiger partial charge >= 0.3 is 0 Å². The number of aliphatic hydroxyl groups is 1. The van der Waals surface area contributed by atoms with Gasteiger partial charge in [0.15, 0.2) is 0 Å². The molecule has 0 fully saturated rings. The summed E-state index contributed by atoms with van der Waals surface area (Å²) in [7, 11) is 0. The third-order valence-corrected chi connectivity index (χ3v) is 4.85. The van der Waals surface area contributed by atoms with Crippen LogP contribution < -0.4 is 4.74 Å². The topological polar surface area (TPSA) is 92.2 Å². The van der Waals surface area contributed by atoms with Crippen LogP contribution in [0.25, 0.3) is 22.8 Å². The van der Waals surface area contributed by atoms with E-state index in [2.05, 4.69) is 16.2 Å². The number of rotatable bonds is 4. The molecule has 0 radical (unpaired) electrons. The summed E-state index contributed by atoms with van der Waals surface area (Å²) in [6.07, 6.45) is 2.12. The van der Waals surface area contributed by atoms with E-state index in [4.69, 9.17) is 9.26 Å². The van der Waals surface area contributed by atoms with Crippen LogP contribution in [-0.2, 0) is 6.42 Å². The second kappa shape index (κ2) is 7.45. The van der Waals surface area contributed by atoms with E-state index in [0.29, 0.717) is 28.6 Å². The number of hydrogen-bond acceptors (Lipinski definition) is 6. The lowest BCUT2D eigenvalue weighted by atomic mass is 9.86. The molecule has 28 heavy (non-hydrogen) atoms. The number of nitrogens with zero attached hydrogens (tertiary/aromatic N) is 3. The SMILES string of the molecule is CC(C)Oc1ccc(-c2nc(-c3cccc4c3CCC[C@H]4O)no2)cc1C#N. The molecule has 0 spiro atoms. The summed E-state index contributed by atoms with van der Waals surface area (Å²) in [6.45, 7) is 3.83. The Kier molecular flexibility index (Phi) is 4.84. The van der Waals surface area contributed by atoms with Gasteiger partial charge in [0, 0.05) is 11.1 Å². The summed E-state index contributed by atoms with van der Waals surface area (Å²) < 4.78 is 11.1. The zero-order valence-corrected chi connectivity index (χ0v) is 15.8. The molecule has 1 aliphatic rings. The monoisotopic (exact) mass is 375 g/mol. The highest BCUT2D eigenvalue weighted by molar-refractivity contribution is 5.66. The molecule has 0 aliphatic heterocycles. The number of aliphatic hydroxyl groups excluding tert-OH is 1. The molecular weight excluding hydrogens is 354 g/mol. The molecule has 6 heteroatoms. The van der Waals surface area contributed by atoms with Gasteiger partial charge in [0.2, 0.25) is 5.82 Å². The van der Waals surface area contributed by atoms with Crippen molar-refractivity contribution in [3.8, 4) is 34.7 Å². The third kappa shape index (κ3) is 3.37. The van der Waals surface area contributed by atoms with Crippen molar-refractivity contribution in [3.05, 3.63) is 53.1 Å². The first kappa shape index (κ1) is 18.2. The molecule has 6 nitrogen and oxygen atoms in total. The van der Waals surface area contributed by atoms with E-state index < -0.39 is 6.10 Å². The van der Waals surface area contributed by atoms with Crippen molar-refractivity contribution in [2.75, 3.05) is 0 Å². The fourth-order valence-electron chi connectivity index (χ4n) is 3.59. The first-order chi connectivity index (χ1) is 13.6. The zero-order chi connectivity index (χ0) is 19.7. The minimum Gasteiger partial charge on any atom is -0.490 e. The van der Waals surface area contributed by atoms with Gasteiger partial charge in [0.05, 0.1) is 17.8 Å². The molecule has 0 amide bonds. The summed E-state index contributed by atoms with van der Waals surface area (Å²) in [5.41, 5.74) is 3.98. The van der Waals surface area contributed by atoms with Crippen LogP contribution >= 0.6 is 0 Å². The van der Waals surface area contributed by atoms with E-state index in [1.54, 1.807) is 18.2 Å². The molecule has 1 aromatic heterocycles. The Hall–Kier alpha value is -3.17. The van der Waals surface area contributed by atoms with E-state index in [0.717, 1.165) is 36.0 Å². The minimum absolute atomic E-state index is 0.0208. The molecule has 1 N–H and O–H groups in total. The Bertz CT molecular complexity index is 1050. The highest BCUT2D eigenvalue weighted by Crippen LogP contribution is 2.36. The van der Waals surface area contributed by atoms with Crippen molar-refractivity contribution in [1.82, 2.24) is 10.1 Å². The number of aromatic nitrogens is 2. The molecule has 1 heterocycles. The molecule has 0 saturated carbocycles. The largest absolute Gasteiger partial charge is 0.490 e. The van der Waals surface area contributed by atoms with E-state index in [9.17, 15) is 10.4 Å². The van der Waals surface area contributed by atoms with Crippen molar-refractivity contribution in [2.24, 2.45) is 0 Å². The summed E-state index contributed by atoms with van der Waals surface area (Å²) in [6, 6.07) is 13.2. The fourth-order valence-corrected chi connectivity index (χ4v) is 3.59. The highest BCUT2D eigenvalue weighted by Gasteiger charge is 2.23. The van der Waals surface area contributed by atoms with E-state index in [1.807, 2.05) is 32.0 Å². The summed E-state index contributed by atoms with van der Waals surface area (Å²) in [5, 5.41) is 23.8. The summed E-state index contributed by atoms with van der Waals surface area (Å²) in [5.74, 6) is 1.37. The van der Waals surface area contributed by atoms with Crippen LogP contribution in [0, 0.1) is 11.3 Å². The van der Waals surface area contributed by atoms with Crippen LogP contribution in [0.2, 0.25) is 0 Å². The number of hydrogen-bond donors (Lipinski definition) is 1. The van der Waals surface area contributed by atoms with Gasteiger partial charge in [-0.05, 0) is 62.4 Å². The van der Waals surface area contributed by atoms with Gasteiger partial charge in [-0.1, -0.05) is 23.4 Å². The molecule has 3 aromatic rings. The number of nitriles is 1. The third-order valence-electron chi connectivity index (χ3n) is 4.85. The van der Waals surface area contributed by atoms with Crippen molar-refractivity contribution < 1.29 is 14.4 Å². The van der Waals surface area contributed by atoms with Gasteiger partial charge in [-0.25, -0.2) is 0 Å². The van der Waals surface area contributed by atoms with E-state index >= 15 is 0 Å². The highest BCUT2D eigenvalue weighted by atomic mass is 16.5. The second-order valence-corrected chi connectivity index (χ2v) is 7.19. The standard InChI is InChI=1S/C22H21N3O3/c1-13(2)27-20-10-9-14(11-15(20)12-23)22-24-21(25-28-22)18-7-3-6-17-16(18)5-4-8-19(17)26/h3,6-7,9-11,13,19,26H,4-5,8H2,1-2H3/t19-/m1/s1. The quantitative estimate of drug-likeness (QED) is 0.725. The zero-order valence-electron chi connectivity index (χ0n) is 15.8. The Morgan fingerprint density at radius 2 is 2.14 bits per heavy atom. The lowest BCUT2D eigenvalue weighted by Gasteiger charge is -2.22. The molecule has 1 aliphatic carbocycles. The van der Waals surface area contributed by atoms with Crippen molar-refractivity contribution in [1.29, 1.82) is 5.26 Å². The molecule has 0 saturated heterocycles. The average molecular weight is 375 g/mol. The normalized spacial score (nSPS) is 15.9. The molecule has 2 aromatic carbocycles. The average Bonchev–Trinajstić information content (AvgIpc) is 3.18. The lowest BCUT2D eigenvalue weighted by Crippen LogP contribution is -2.10. The smallest absolute Gasteiger partial charge is 0.258 e. The van der Waals surface area contributed by atoms with Crippen molar-refractivity contribution in [2.45, 2.75) is 45.3 Å². The number of fused-ring (bicyclic) bond motifs is 1. The van der Waals surface area contributed by atoms with Gasteiger partial charge in [0.1, 0.15) is 11.8 Å². The van der Waals surface area contributed by atoms with Gasteiger partial charge in [-0.2, -0.15) is 10.2 Å². The van der Waals surface area contributed by atoms with Crippen LogP contribution in [0.15, 0.2) is 40.9 Å². The molecule has 0 bridgehead atoms. The van der Waals surface area contributed by atoms with Crippen LogP contribution in [-0.4, -0.2) is 21.4 Å². The minimum atomic E-state index is -0.443. The van der Waals surface area contributed by atoms with Gasteiger partial charge in [-0.15, -0.1) is 0 Å².